The van der Waals surface area contributed by atoms with Crippen molar-refractivity contribution in [2.75, 3.05) is 18.5 Å². The van der Waals surface area contributed by atoms with Crippen LogP contribution in [0.2, 0.25) is 0 Å². The Kier molecular flexibility index (Phi) is 4.80. The third-order valence-corrected chi connectivity index (χ3v) is 3.37. The van der Waals surface area contributed by atoms with Gasteiger partial charge < -0.3 is 26.3 Å². The number of carbonyl (C=O) groups is 1. The lowest BCUT2D eigenvalue weighted by molar-refractivity contribution is 0.189. The number of nitrogens with two attached hydrogens (primary N) is 1. The number of ether oxygens (including phenoxy) is 1. The van der Waals surface area contributed by atoms with Gasteiger partial charge in [0.25, 0.3) is 0 Å². The molecule has 1 aromatic carbocycles. The summed E-state index contributed by atoms with van der Waals surface area (Å²) in [4.78, 5) is 11.9. The molecule has 5 N–H and O–H groups in total. The van der Waals surface area contributed by atoms with E-state index in [9.17, 15) is 4.79 Å². The minimum absolute atomic E-state index is 0.00876. The van der Waals surface area contributed by atoms with E-state index in [0.29, 0.717) is 24.5 Å². The van der Waals surface area contributed by atoms with Crippen LogP contribution in [0.25, 0.3) is 0 Å². The molecule has 0 bridgehead atoms. The highest BCUT2D eigenvalue weighted by atomic mass is 79.9. The summed E-state index contributed by atoms with van der Waals surface area (Å²) in [5.41, 5.74) is 6.47. The number of amides is 2. The molecule has 0 radical (unpaired) electrons. The predicted molar refractivity (Wildman–Crippen MR) is 78.0 cm³/mol. The van der Waals surface area contributed by atoms with Crippen molar-refractivity contribution in [3.8, 4) is 0 Å². The van der Waals surface area contributed by atoms with Gasteiger partial charge in [0.05, 0.1) is 18.3 Å². The summed E-state index contributed by atoms with van der Waals surface area (Å²) in [6.07, 6.45) is 0.791. The molecule has 0 aromatic heterocycles. The fraction of sp³-hybridized carbons (Fsp3) is 0.333. The van der Waals surface area contributed by atoms with Crippen LogP contribution < -0.4 is 16.4 Å². The van der Waals surface area contributed by atoms with Gasteiger partial charge >= 0.3 is 6.03 Å². The number of hydrogen-bond acceptors (Lipinski definition) is 4. The normalized spacial score (nSPS) is 18.9. The van der Waals surface area contributed by atoms with Gasteiger partial charge in [0, 0.05) is 16.6 Å². The summed E-state index contributed by atoms with van der Waals surface area (Å²) in [5.74, 6) is -0.0722. The van der Waals surface area contributed by atoms with Gasteiger partial charge in [0.2, 0.25) is 0 Å². The van der Waals surface area contributed by atoms with Crippen molar-refractivity contribution in [2.24, 2.45) is 10.9 Å². The second-order valence-electron chi connectivity index (χ2n) is 4.33. The molecule has 2 rings (SSSR count). The van der Waals surface area contributed by atoms with Gasteiger partial charge in [-0.3, -0.25) is 0 Å². The van der Waals surface area contributed by atoms with Crippen molar-refractivity contribution in [3.63, 3.8) is 0 Å². The van der Waals surface area contributed by atoms with Crippen molar-refractivity contribution >= 4 is 33.5 Å². The van der Waals surface area contributed by atoms with Crippen molar-refractivity contribution in [1.29, 1.82) is 0 Å². The maximum Gasteiger partial charge on any atom is 0.319 e. The Bertz CT molecular complexity index is 529. The third kappa shape index (κ3) is 3.61. The van der Waals surface area contributed by atoms with E-state index in [1.807, 2.05) is 0 Å². The first kappa shape index (κ1) is 14.6. The molecule has 7 nitrogen and oxygen atoms in total. The van der Waals surface area contributed by atoms with Gasteiger partial charge in [-0.1, -0.05) is 21.1 Å². The SMILES string of the molecule is N/C(=N/O)c1ccc(Br)cc1NC(=O)NC1CCOC1. The van der Waals surface area contributed by atoms with Crippen LogP contribution in [0.1, 0.15) is 12.0 Å². The van der Waals surface area contributed by atoms with Gasteiger partial charge in [-0.15, -0.1) is 0 Å². The highest BCUT2D eigenvalue weighted by Gasteiger charge is 2.18. The number of rotatable bonds is 3. The number of oxime groups is 1. The lowest BCUT2D eigenvalue weighted by Gasteiger charge is -2.14. The highest BCUT2D eigenvalue weighted by molar-refractivity contribution is 9.10. The van der Waals surface area contributed by atoms with E-state index in [4.69, 9.17) is 15.7 Å². The first-order valence-corrected chi connectivity index (χ1v) is 6.82. The molecule has 0 spiro atoms. The van der Waals surface area contributed by atoms with Crippen LogP contribution in [0, 0.1) is 0 Å². The summed E-state index contributed by atoms with van der Waals surface area (Å²) in [7, 11) is 0. The van der Waals surface area contributed by atoms with E-state index < -0.39 is 0 Å². The van der Waals surface area contributed by atoms with Gasteiger partial charge in [-0.25, -0.2) is 4.79 Å². The molecular weight excluding hydrogens is 328 g/mol. The molecule has 1 unspecified atom stereocenters. The van der Waals surface area contributed by atoms with Crippen molar-refractivity contribution in [3.05, 3.63) is 28.2 Å². The van der Waals surface area contributed by atoms with Crippen molar-refractivity contribution in [1.82, 2.24) is 5.32 Å². The molecular formula is C12H15BrN4O3. The Labute approximate surface area is 124 Å². The fourth-order valence-corrected chi connectivity index (χ4v) is 2.25. The average Bonchev–Trinajstić information content (AvgIpc) is 2.90. The summed E-state index contributed by atoms with van der Waals surface area (Å²) < 4.78 is 5.95. The van der Waals surface area contributed by atoms with E-state index in [1.54, 1.807) is 18.2 Å². The second-order valence-corrected chi connectivity index (χ2v) is 5.25. The quantitative estimate of drug-likeness (QED) is 0.288. The number of hydrogen-bond donors (Lipinski definition) is 4. The maximum absolute atomic E-state index is 11.9. The zero-order valence-electron chi connectivity index (χ0n) is 10.6. The number of amidine groups is 1. The fourth-order valence-electron chi connectivity index (χ4n) is 1.89. The number of carbonyl (C=O) groups excluding carboxylic acids is 1. The minimum Gasteiger partial charge on any atom is -0.409 e. The lowest BCUT2D eigenvalue weighted by atomic mass is 10.1. The average molecular weight is 343 g/mol. The number of benzene rings is 1. The lowest BCUT2D eigenvalue weighted by Crippen LogP contribution is -2.38. The van der Waals surface area contributed by atoms with Crippen LogP contribution in [0.5, 0.6) is 0 Å². The van der Waals surface area contributed by atoms with Gasteiger partial charge in [0.1, 0.15) is 0 Å². The van der Waals surface area contributed by atoms with E-state index in [0.717, 1.165) is 10.9 Å². The summed E-state index contributed by atoms with van der Waals surface area (Å²) in [6, 6.07) is 4.72. The molecule has 1 heterocycles. The first-order chi connectivity index (χ1) is 9.60. The second kappa shape index (κ2) is 6.58. The zero-order valence-corrected chi connectivity index (χ0v) is 12.2. The van der Waals surface area contributed by atoms with Crippen LogP contribution >= 0.6 is 15.9 Å². The van der Waals surface area contributed by atoms with E-state index in [-0.39, 0.29) is 17.9 Å². The topological polar surface area (TPSA) is 109 Å². The van der Waals surface area contributed by atoms with Crippen LogP contribution in [0.3, 0.4) is 0 Å². The molecule has 108 valence electrons. The van der Waals surface area contributed by atoms with Crippen molar-refractivity contribution < 1.29 is 14.7 Å². The van der Waals surface area contributed by atoms with E-state index in [1.165, 1.54) is 0 Å². The first-order valence-electron chi connectivity index (χ1n) is 6.03. The van der Waals surface area contributed by atoms with E-state index >= 15 is 0 Å². The standard InChI is InChI=1S/C12H15BrN4O3/c13-7-1-2-9(11(14)17-19)10(5-7)16-12(18)15-8-3-4-20-6-8/h1-2,5,8,19H,3-4,6H2,(H2,14,17)(H2,15,16,18). The maximum atomic E-state index is 11.9. The summed E-state index contributed by atoms with van der Waals surface area (Å²) >= 11 is 3.31. The molecule has 1 saturated heterocycles. The Morgan fingerprint density at radius 1 is 1.55 bits per heavy atom. The highest BCUT2D eigenvalue weighted by Crippen LogP contribution is 2.21. The van der Waals surface area contributed by atoms with Gasteiger partial charge in [-0.2, -0.15) is 0 Å². The predicted octanol–water partition coefficient (Wildman–Crippen LogP) is 1.45. The van der Waals surface area contributed by atoms with E-state index in [2.05, 4.69) is 31.7 Å². The molecule has 1 atom stereocenters. The Balaban J connectivity index is 2.10. The number of urea groups is 1. The number of nitrogens with one attached hydrogen (secondary N) is 2. The number of halogens is 1. The number of anilines is 1. The Morgan fingerprint density at radius 3 is 3.00 bits per heavy atom. The van der Waals surface area contributed by atoms with Crippen LogP contribution in [0.4, 0.5) is 10.5 Å². The smallest absolute Gasteiger partial charge is 0.319 e. The number of nitrogens with zero attached hydrogens (tertiary/aromatic N) is 1. The molecule has 1 aromatic rings. The molecule has 20 heavy (non-hydrogen) atoms. The van der Waals surface area contributed by atoms with Crippen molar-refractivity contribution in [2.45, 2.75) is 12.5 Å². The molecule has 0 aliphatic carbocycles. The minimum atomic E-state index is -0.356. The third-order valence-electron chi connectivity index (χ3n) is 2.88. The monoisotopic (exact) mass is 342 g/mol. The van der Waals surface area contributed by atoms with Gasteiger partial charge in [-0.05, 0) is 24.6 Å². The molecule has 1 aliphatic rings. The molecule has 0 saturated carbocycles. The molecule has 8 heteroatoms. The zero-order chi connectivity index (χ0) is 14.5. The largest absolute Gasteiger partial charge is 0.409 e. The molecule has 1 fully saturated rings. The summed E-state index contributed by atoms with van der Waals surface area (Å²) in [6.45, 7) is 1.16. The molecule has 1 aliphatic heterocycles. The Hall–Kier alpha value is -1.80. The Morgan fingerprint density at radius 2 is 2.35 bits per heavy atom. The van der Waals surface area contributed by atoms with Crippen LogP contribution in [-0.4, -0.2) is 36.3 Å². The molecule has 2 amide bonds. The van der Waals surface area contributed by atoms with Crippen LogP contribution in [0.15, 0.2) is 27.8 Å². The summed E-state index contributed by atoms with van der Waals surface area (Å²) in [5, 5.41) is 17.2. The van der Waals surface area contributed by atoms with Crippen LogP contribution in [-0.2, 0) is 4.74 Å². The van der Waals surface area contributed by atoms with Gasteiger partial charge in [0.15, 0.2) is 5.84 Å².